The largest absolute Gasteiger partial charge is 0.496 e. The molecular formula is C25H24F2N4O4. The molecule has 0 radical (unpaired) electrons. The number of alkyl halides is 2. The minimum Gasteiger partial charge on any atom is -0.496 e. The Morgan fingerprint density at radius 2 is 2.00 bits per heavy atom. The standard InChI is InChI=1S/C25H24F2N4O4/c1-30-17(5-7-29-30)14-34-18-6-8-31-19(13-28-23(31)12-18)16-10-21(33-2)24(20(32)9-15-3-4-15)22(11-16)35-25(26)27/h5-8,10-13,15,25H,3-4,9,14H2,1-2H3. The minimum atomic E-state index is -3.08. The van der Waals surface area contributed by atoms with Gasteiger partial charge in [-0.1, -0.05) is 0 Å². The van der Waals surface area contributed by atoms with E-state index in [0.717, 1.165) is 18.5 Å². The lowest BCUT2D eigenvalue weighted by Gasteiger charge is -2.16. The quantitative estimate of drug-likeness (QED) is 0.299. The Hall–Kier alpha value is -3.95. The lowest BCUT2D eigenvalue weighted by Crippen LogP contribution is -2.11. The molecule has 0 atom stereocenters. The smallest absolute Gasteiger partial charge is 0.387 e. The van der Waals surface area contributed by atoms with E-state index in [-0.39, 0.29) is 29.3 Å². The fraction of sp³-hybridized carbons (Fsp3) is 0.320. The number of fused-ring (bicyclic) bond motifs is 1. The molecule has 1 aliphatic rings. The number of Topliss-reactive ketones (excluding diaryl/α,β-unsaturated/α-hetero) is 1. The Morgan fingerprint density at radius 3 is 2.69 bits per heavy atom. The van der Waals surface area contributed by atoms with Crippen molar-refractivity contribution in [2.24, 2.45) is 13.0 Å². The summed E-state index contributed by atoms with van der Waals surface area (Å²) in [5, 5.41) is 4.12. The minimum absolute atomic E-state index is 0.0446. The highest BCUT2D eigenvalue weighted by Crippen LogP contribution is 2.40. The third-order valence-corrected chi connectivity index (χ3v) is 6.04. The van der Waals surface area contributed by atoms with E-state index < -0.39 is 6.61 Å². The summed E-state index contributed by atoms with van der Waals surface area (Å²) in [6.45, 7) is -2.73. The van der Waals surface area contributed by atoms with Crippen molar-refractivity contribution < 1.29 is 27.8 Å². The molecule has 3 aromatic heterocycles. The number of halogens is 2. The Balaban J connectivity index is 1.48. The zero-order valence-corrected chi connectivity index (χ0v) is 19.3. The highest BCUT2D eigenvalue weighted by atomic mass is 19.3. The number of imidazole rings is 1. The first-order valence-electron chi connectivity index (χ1n) is 11.2. The van der Waals surface area contributed by atoms with Crippen LogP contribution in [-0.2, 0) is 13.7 Å². The first kappa shape index (κ1) is 22.8. The molecule has 10 heteroatoms. The number of methoxy groups -OCH3 is 1. The van der Waals surface area contributed by atoms with Crippen molar-refractivity contribution >= 4 is 11.4 Å². The van der Waals surface area contributed by atoms with Gasteiger partial charge in [-0.05, 0) is 43.0 Å². The Kier molecular flexibility index (Phi) is 6.10. The van der Waals surface area contributed by atoms with Gasteiger partial charge in [0.1, 0.15) is 35.1 Å². The zero-order valence-electron chi connectivity index (χ0n) is 19.3. The molecule has 182 valence electrons. The highest BCUT2D eigenvalue weighted by Gasteiger charge is 2.29. The Morgan fingerprint density at radius 1 is 1.20 bits per heavy atom. The van der Waals surface area contributed by atoms with Gasteiger partial charge in [-0.3, -0.25) is 13.9 Å². The van der Waals surface area contributed by atoms with Crippen molar-refractivity contribution in [1.29, 1.82) is 0 Å². The number of hydrogen-bond acceptors (Lipinski definition) is 6. The third kappa shape index (κ3) is 4.82. The maximum Gasteiger partial charge on any atom is 0.387 e. The number of rotatable bonds is 10. The number of carbonyl (C=O) groups is 1. The Bertz CT molecular complexity index is 1380. The topological polar surface area (TPSA) is 79.9 Å². The van der Waals surface area contributed by atoms with Crippen LogP contribution in [0.2, 0.25) is 0 Å². The van der Waals surface area contributed by atoms with Crippen molar-refractivity contribution in [3.8, 4) is 28.5 Å². The van der Waals surface area contributed by atoms with E-state index in [9.17, 15) is 13.6 Å². The molecule has 0 amide bonds. The van der Waals surface area contributed by atoms with Crippen LogP contribution in [0.3, 0.4) is 0 Å². The van der Waals surface area contributed by atoms with Crippen molar-refractivity contribution in [3.63, 3.8) is 0 Å². The number of ketones is 1. The van der Waals surface area contributed by atoms with E-state index in [1.165, 1.54) is 13.2 Å². The van der Waals surface area contributed by atoms with Gasteiger partial charge in [-0.25, -0.2) is 4.98 Å². The van der Waals surface area contributed by atoms with Gasteiger partial charge in [0.05, 0.1) is 24.7 Å². The molecule has 0 unspecified atom stereocenters. The van der Waals surface area contributed by atoms with E-state index in [2.05, 4.69) is 10.1 Å². The molecule has 5 rings (SSSR count). The summed E-state index contributed by atoms with van der Waals surface area (Å²) in [7, 11) is 3.24. The summed E-state index contributed by atoms with van der Waals surface area (Å²) in [6.07, 6.45) is 7.31. The van der Waals surface area contributed by atoms with Crippen LogP contribution in [0.15, 0.2) is 48.9 Å². The monoisotopic (exact) mass is 482 g/mol. The average molecular weight is 482 g/mol. The molecule has 8 nitrogen and oxygen atoms in total. The van der Waals surface area contributed by atoms with E-state index in [1.807, 2.05) is 13.1 Å². The molecule has 0 saturated heterocycles. The highest BCUT2D eigenvalue weighted by molar-refractivity contribution is 6.02. The first-order chi connectivity index (χ1) is 16.9. The second kappa shape index (κ2) is 9.36. The van der Waals surface area contributed by atoms with Crippen molar-refractivity contribution in [3.05, 3.63) is 60.2 Å². The number of nitrogens with zero attached hydrogens (tertiary/aromatic N) is 4. The van der Waals surface area contributed by atoms with E-state index >= 15 is 0 Å². The number of ether oxygens (including phenoxy) is 3. The van der Waals surface area contributed by atoms with Crippen LogP contribution in [0.5, 0.6) is 17.2 Å². The Labute approximate surface area is 200 Å². The van der Waals surface area contributed by atoms with E-state index in [0.29, 0.717) is 35.2 Å². The maximum atomic E-state index is 13.2. The molecule has 0 bridgehead atoms. The van der Waals surface area contributed by atoms with Crippen LogP contribution in [0.1, 0.15) is 35.3 Å². The van der Waals surface area contributed by atoms with Gasteiger partial charge >= 0.3 is 6.61 Å². The molecule has 0 aliphatic heterocycles. The molecule has 1 fully saturated rings. The summed E-state index contributed by atoms with van der Waals surface area (Å²) >= 11 is 0. The fourth-order valence-corrected chi connectivity index (χ4v) is 4.01. The SMILES string of the molecule is COc1cc(-c2cnc3cc(OCc4ccnn4C)ccn23)cc(OC(F)F)c1C(=O)CC1CC1. The van der Waals surface area contributed by atoms with Gasteiger partial charge in [-0.2, -0.15) is 13.9 Å². The maximum absolute atomic E-state index is 13.2. The molecule has 1 aliphatic carbocycles. The second-order valence-corrected chi connectivity index (χ2v) is 8.47. The summed E-state index contributed by atoms with van der Waals surface area (Å²) < 4.78 is 46.1. The normalized spacial score (nSPS) is 13.4. The van der Waals surface area contributed by atoms with Crippen LogP contribution in [0.4, 0.5) is 8.78 Å². The number of aryl methyl sites for hydroxylation is 1. The average Bonchev–Trinajstić information content (AvgIpc) is 3.39. The molecule has 1 saturated carbocycles. The second-order valence-electron chi connectivity index (χ2n) is 8.47. The number of hydrogen-bond donors (Lipinski definition) is 0. The van der Waals surface area contributed by atoms with Gasteiger partial charge in [-0.15, -0.1) is 0 Å². The summed E-state index contributed by atoms with van der Waals surface area (Å²) in [6, 6.07) is 8.52. The number of pyridine rings is 1. The lowest BCUT2D eigenvalue weighted by atomic mass is 10.00. The van der Waals surface area contributed by atoms with E-state index in [1.54, 1.807) is 45.9 Å². The van der Waals surface area contributed by atoms with Gasteiger partial charge in [0, 0.05) is 37.5 Å². The van der Waals surface area contributed by atoms with Crippen molar-refractivity contribution in [2.75, 3.05) is 7.11 Å². The van der Waals surface area contributed by atoms with Crippen LogP contribution in [0.25, 0.3) is 16.9 Å². The third-order valence-electron chi connectivity index (χ3n) is 6.04. The van der Waals surface area contributed by atoms with Gasteiger partial charge in [0.2, 0.25) is 0 Å². The molecule has 1 aromatic carbocycles. The van der Waals surface area contributed by atoms with Crippen molar-refractivity contribution in [1.82, 2.24) is 19.2 Å². The number of carbonyl (C=O) groups excluding carboxylic acids is 1. The van der Waals surface area contributed by atoms with Crippen LogP contribution >= 0.6 is 0 Å². The molecule has 35 heavy (non-hydrogen) atoms. The molecular weight excluding hydrogens is 458 g/mol. The van der Waals surface area contributed by atoms with Crippen molar-refractivity contribution in [2.45, 2.75) is 32.5 Å². The predicted octanol–water partition coefficient (Wildman–Crippen LogP) is 4.91. The molecule has 0 spiro atoms. The zero-order chi connectivity index (χ0) is 24.5. The predicted molar refractivity (Wildman–Crippen MR) is 123 cm³/mol. The van der Waals surface area contributed by atoms with Gasteiger partial charge in [0.15, 0.2) is 5.78 Å². The number of aromatic nitrogens is 4. The molecule has 0 N–H and O–H groups in total. The van der Waals surface area contributed by atoms with Crippen LogP contribution in [-0.4, -0.2) is 38.7 Å². The number of benzene rings is 1. The summed E-state index contributed by atoms with van der Waals surface area (Å²) in [4.78, 5) is 17.3. The van der Waals surface area contributed by atoms with Crippen LogP contribution < -0.4 is 14.2 Å². The molecule has 3 heterocycles. The van der Waals surface area contributed by atoms with Gasteiger partial charge in [0.25, 0.3) is 0 Å². The first-order valence-corrected chi connectivity index (χ1v) is 11.2. The fourth-order valence-electron chi connectivity index (χ4n) is 4.01. The van der Waals surface area contributed by atoms with E-state index in [4.69, 9.17) is 14.2 Å². The van der Waals surface area contributed by atoms with Crippen LogP contribution in [0, 0.1) is 5.92 Å². The molecule has 4 aromatic rings. The lowest BCUT2D eigenvalue weighted by molar-refractivity contribution is -0.0502. The summed E-state index contributed by atoms with van der Waals surface area (Å²) in [5.41, 5.74) is 2.71. The summed E-state index contributed by atoms with van der Waals surface area (Å²) in [5.74, 6) is 0.636. The van der Waals surface area contributed by atoms with Gasteiger partial charge < -0.3 is 14.2 Å².